The molecule has 4 nitrogen and oxygen atoms in total. The minimum Gasteiger partial charge on any atom is -0.465 e. The van der Waals surface area contributed by atoms with Gasteiger partial charge >= 0.3 is 5.97 Å². The van der Waals surface area contributed by atoms with Gasteiger partial charge in [-0.1, -0.05) is 30.7 Å². The summed E-state index contributed by atoms with van der Waals surface area (Å²) in [5, 5.41) is 0.656. The van der Waals surface area contributed by atoms with Crippen molar-refractivity contribution in [3.63, 3.8) is 0 Å². The second kappa shape index (κ2) is 8.42. The predicted molar refractivity (Wildman–Crippen MR) is 122 cm³/mol. The summed E-state index contributed by atoms with van der Waals surface area (Å²) in [5.74, 6) is -0.381. The van der Waals surface area contributed by atoms with E-state index in [4.69, 9.17) is 16.3 Å². The molecule has 0 saturated heterocycles. The molecule has 0 fully saturated rings. The topological polar surface area (TPSA) is 41.9 Å². The van der Waals surface area contributed by atoms with Crippen molar-refractivity contribution in [1.29, 1.82) is 0 Å². The van der Waals surface area contributed by atoms with Crippen LogP contribution in [0.3, 0.4) is 0 Å². The fraction of sp³-hybridized carbons (Fsp3) is 0.333. The third-order valence-electron chi connectivity index (χ3n) is 5.16. The van der Waals surface area contributed by atoms with Gasteiger partial charge in [0.25, 0.3) is 0 Å². The molecule has 0 aliphatic carbocycles. The molecular formula is C24H27ClN2O2. The summed E-state index contributed by atoms with van der Waals surface area (Å²) in [6.07, 6.45) is 5.11. The number of ether oxygens (including phenoxy) is 1. The van der Waals surface area contributed by atoms with Gasteiger partial charge in [-0.15, -0.1) is 0 Å². The molecular weight excluding hydrogens is 384 g/mol. The lowest BCUT2D eigenvalue weighted by molar-refractivity contribution is 0.0601. The number of rotatable bonds is 5. The summed E-state index contributed by atoms with van der Waals surface area (Å²) < 4.78 is 4.77. The van der Waals surface area contributed by atoms with Gasteiger partial charge in [-0.3, -0.25) is 4.99 Å². The number of nitrogens with zero attached hydrogens (tertiary/aromatic N) is 2. The Morgan fingerprint density at radius 2 is 2.03 bits per heavy atom. The highest BCUT2D eigenvalue weighted by Gasteiger charge is 2.31. The SMILES string of the molecule is CCCN1c2cc(Cl)c(C=Nc3cccc(C(=O)OC)c3)cc2C(C)=CC1(C)C. The summed E-state index contributed by atoms with van der Waals surface area (Å²) in [4.78, 5) is 18.6. The minimum absolute atomic E-state index is 0.0552. The standard InChI is InChI=1S/C24H27ClN2O2/c1-6-10-27-22-13-21(25)18(12-20(22)16(2)14-24(27,3)4)15-26-19-9-7-8-17(11-19)23(28)29-5/h7-9,11-15H,6,10H2,1-5H3. The summed E-state index contributed by atoms with van der Waals surface area (Å²) >= 11 is 6.63. The van der Waals surface area contributed by atoms with Crippen LogP contribution in [0.4, 0.5) is 11.4 Å². The number of benzene rings is 2. The highest BCUT2D eigenvalue weighted by molar-refractivity contribution is 6.33. The van der Waals surface area contributed by atoms with Crippen molar-refractivity contribution < 1.29 is 9.53 Å². The number of hydrogen-bond donors (Lipinski definition) is 0. The minimum atomic E-state index is -0.381. The molecule has 0 atom stereocenters. The molecule has 1 heterocycles. The zero-order chi connectivity index (χ0) is 21.2. The molecule has 5 heteroatoms. The number of allylic oxidation sites excluding steroid dienone is 1. The Kier molecular flexibility index (Phi) is 6.13. The monoisotopic (exact) mass is 410 g/mol. The van der Waals surface area contributed by atoms with Crippen molar-refractivity contribution in [1.82, 2.24) is 0 Å². The van der Waals surface area contributed by atoms with Crippen LogP contribution in [-0.2, 0) is 4.74 Å². The number of aliphatic imine (C=N–C) groups is 1. The van der Waals surface area contributed by atoms with Gasteiger partial charge in [-0.05, 0) is 63.1 Å². The Labute approximate surface area is 177 Å². The van der Waals surface area contributed by atoms with Gasteiger partial charge in [0.05, 0.1) is 28.9 Å². The number of hydrogen-bond acceptors (Lipinski definition) is 4. The molecule has 0 N–H and O–H groups in total. The average molecular weight is 411 g/mol. The van der Waals surface area contributed by atoms with Gasteiger partial charge in [0.2, 0.25) is 0 Å². The lowest BCUT2D eigenvalue weighted by Gasteiger charge is -2.43. The Morgan fingerprint density at radius 1 is 1.28 bits per heavy atom. The van der Waals surface area contributed by atoms with E-state index in [1.165, 1.54) is 18.2 Å². The van der Waals surface area contributed by atoms with Crippen molar-refractivity contribution in [3.05, 3.63) is 64.2 Å². The van der Waals surface area contributed by atoms with Crippen molar-refractivity contribution >= 4 is 40.7 Å². The van der Waals surface area contributed by atoms with Crippen molar-refractivity contribution in [2.45, 2.75) is 39.7 Å². The van der Waals surface area contributed by atoms with E-state index in [-0.39, 0.29) is 11.5 Å². The summed E-state index contributed by atoms with van der Waals surface area (Å²) in [6.45, 7) is 9.75. The number of esters is 1. The van der Waals surface area contributed by atoms with E-state index in [0.717, 1.165) is 24.2 Å². The molecule has 0 unspecified atom stereocenters. The van der Waals surface area contributed by atoms with E-state index in [1.54, 1.807) is 24.4 Å². The van der Waals surface area contributed by atoms with Gasteiger partial charge < -0.3 is 9.64 Å². The number of methoxy groups -OCH3 is 1. The van der Waals surface area contributed by atoms with Crippen LogP contribution in [0.25, 0.3) is 5.57 Å². The van der Waals surface area contributed by atoms with E-state index >= 15 is 0 Å². The second-order valence-electron chi connectivity index (χ2n) is 7.82. The molecule has 2 aromatic carbocycles. The lowest BCUT2D eigenvalue weighted by Crippen LogP contribution is -2.45. The molecule has 29 heavy (non-hydrogen) atoms. The summed E-state index contributed by atoms with van der Waals surface area (Å²) in [5.41, 5.74) is 5.49. The van der Waals surface area contributed by atoms with Crippen LogP contribution in [0.1, 0.15) is 55.6 Å². The molecule has 0 saturated carbocycles. The number of anilines is 1. The summed E-state index contributed by atoms with van der Waals surface area (Å²) in [7, 11) is 1.37. The third kappa shape index (κ3) is 4.38. The van der Waals surface area contributed by atoms with Gasteiger partial charge in [-0.2, -0.15) is 0 Å². The maximum absolute atomic E-state index is 11.7. The quantitative estimate of drug-likeness (QED) is 0.429. The maximum atomic E-state index is 11.7. The van der Waals surface area contributed by atoms with Gasteiger partial charge in [-0.25, -0.2) is 4.79 Å². The Hall–Kier alpha value is -2.59. The van der Waals surface area contributed by atoms with Crippen LogP contribution in [0.2, 0.25) is 5.02 Å². The first-order valence-corrected chi connectivity index (χ1v) is 10.2. The Morgan fingerprint density at radius 3 is 2.72 bits per heavy atom. The molecule has 3 rings (SSSR count). The largest absolute Gasteiger partial charge is 0.465 e. The zero-order valence-electron chi connectivity index (χ0n) is 17.6. The third-order valence-corrected chi connectivity index (χ3v) is 5.49. The fourth-order valence-corrected chi connectivity index (χ4v) is 4.03. The first-order chi connectivity index (χ1) is 13.8. The first-order valence-electron chi connectivity index (χ1n) is 9.80. The van der Waals surface area contributed by atoms with Crippen molar-refractivity contribution in [3.8, 4) is 0 Å². The predicted octanol–water partition coefficient (Wildman–Crippen LogP) is 6.29. The van der Waals surface area contributed by atoms with Crippen LogP contribution < -0.4 is 4.90 Å². The molecule has 0 amide bonds. The van der Waals surface area contributed by atoms with E-state index in [2.05, 4.69) is 49.7 Å². The molecule has 152 valence electrons. The molecule has 2 aromatic rings. The number of carbonyl (C=O) groups is 1. The summed E-state index contributed by atoms with van der Waals surface area (Å²) in [6, 6.07) is 11.2. The van der Waals surface area contributed by atoms with E-state index in [9.17, 15) is 4.79 Å². The van der Waals surface area contributed by atoms with Crippen LogP contribution in [0.15, 0.2) is 47.5 Å². The van der Waals surface area contributed by atoms with Gasteiger partial charge in [0, 0.05) is 29.6 Å². The number of carbonyl (C=O) groups excluding carboxylic acids is 1. The van der Waals surface area contributed by atoms with Gasteiger partial charge in [0.1, 0.15) is 0 Å². The first kappa shape index (κ1) is 21.1. The number of halogens is 1. The van der Waals surface area contributed by atoms with E-state index in [1.807, 2.05) is 12.1 Å². The van der Waals surface area contributed by atoms with E-state index < -0.39 is 0 Å². The maximum Gasteiger partial charge on any atom is 0.337 e. The molecule has 0 bridgehead atoms. The molecule has 0 radical (unpaired) electrons. The van der Waals surface area contributed by atoms with Crippen LogP contribution in [0, 0.1) is 0 Å². The highest BCUT2D eigenvalue weighted by atomic mass is 35.5. The molecule has 0 spiro atoms. The van der Waals surface area contributed by atoms with Crippen LogP contribution in [0.5, 0.6) is 0 Å². The average Bonchev–Trinajstić information content (AvgIpc) is 2.69. The normalized spacial score (nSPS) is 15.2. The second-order valence-corrected chi connectivity index (χ2v) is 8.23. The highest BCUT2D eigenvalue weighted by Crippen LogP contribution is 2.41. The fourth-order valence-electron chi connectivity index (χ4n) is 3.82. The van der Waals surface area contributed by atoms with Crippen molar-refractivity contribution in [2.24, 2.45) is 4.99 Å². The Balaban J connectivity index is 1.98. The van der Waals surface area contributed by atoms with E-state index in [0.29, 0.717) is 16.3 Å². The molecule has 1 aliphatic rings. The Bertz CT molecular complexity index is 992. The van der Waals surface area contributed by atoms with Crippen LogP contribution >= 0.6 is 11.6 Å². The smallest absolute Gasteiger partial charge is 0.337 e. The number of fused-ring (bicyclic) bond motifs is 1. The van der Waals surface area contributed by atoms with Gasteiger partial charge in [0.15, 0.2) is 0 Å². The van der Waals surface area contributed by atoms with Crippen LogP contribution in [-0.4, -0.2) is 31.4 Å². The lowest BCUT2D eigenvalue weighted by atomic mass is 9.88. The zero-order valence-corrected chi connectivity index (χ0v) is 18.4. The molecule has 1 aliphatic heterocycles. The van der Waals surface area contributed by atoms with Crippen molar-refractivity contribution in [2.75, 3.05) is 18.6 Å². The molecule has 0 aromatic heterocycles.